The molecule has 2 aromatic rings. The molecule has 5 heteroatoms. The van der Waals surface area contributed by atoms with Crippen LogP contribution < -0.4 is 0 Å². The largest absolute Gasteiger partial charge is 0.481 e. The van der Waals surface area contributed by atoms with Gasteiger partial charge in [-0.2, -0.15) is 0 Å². The Labute approximate surface area is 94.0 Å². The van der Waals surface area contributed by atoms with E-state index >= 15 is 0 Å². The van der Waals surface area contributed by atoms with E-state index in [0.717, 1.165) is 5.56 Å². The minimum Gasteiger partial charge on any atom is -0.481 e. The monoisotopic (exact) mass is 269 g/mol. The molecule has 0 fully saturated rings. The molecule has 0 saturated heterocycles. The summed E-state index contributed by atoms with van der Waals surface area (Å²) < 4.78 is 5.37. The van der Waals surface area contributed by atoms with Gasteiger partial charge >= 0.3 is 5.97 Å². The first-order valence-corrected chi connectivity index (χ1v) is 5.47. The van der Waals surface area contributed by atoms with Gasteiger partial charge in [-0.3, -0.25) is 4.79 Å². The summed E-state index contributed by atoms with van der Waals surface area (Å²) in [7, 11) is 0. The first-order chi connectivity index (χ1) is 7.19. The van der Waals surface area contributed by atoms with Crippen molar-refractivity contribution in [2.75, 3.05) is 0 Å². The van der Waals surface area contributed by atoms with E-state index in [-0.39, 0.29) is 6.42 Å². The zero-order chi connectivity index (χ0) is 10.8. The smallest absolute Gasteiger partial charge is 0.307 e. The average Bonchev–Trinajstić information content (AvgIpc) is 2.58. The molecule has 1 aromatic heterocycles. The van der Waals surface area contributed by atoms with Gasteiger partial charge in [-0.15, -0.1) is 0 Å². The Morgan fingerprint density at radius 1 is 1.53 bits per heavy atom. The molecular weight excluding hydrogens is 262 g/mol. The van der Waals surface area contributed by atoms with E-state index < -0.39 is 5.97 Å². The minimum absolute atomic E-state index is 0.00639. The van der Waals surface area contributed by atoms with Crippen LogP contribution in [0.5, 0.6) is 0 Å². The van der Waals surface area contributed by atoms with Crippen LogP contribution in [0.15, 0.2) is 22.6 Å². The number of aromatic nitrogens is 1. The molecule has 4 nitrogen and oxygen atoms in total. The van der Waals surface area contributed by atoms with E-state index in [0.29, 0.717) is 22.3 Å². The van der Waals surface area contributed by atoms with Gasteiger partial charge in [0.05, 0.1) is 11.8 Å². The molecule has 2 rings (SSSR count). The summed E-state index contributed by atoms with van der Waals surface area (Å²) in [5.41, 5.74) is 2.10. The zero-order valence-electron chi connectivity index (χ0n) is 7.74. The summed E-state index contributed by atoms with van der Waals surface area (Å²) in [4.78, 5) is 14.7. The lowest BCUT2D eigenvalue weighted by atomic mass is 10.1. The van der Waals surface area contributed by atoms with Crippen LogP contribution in [0.1, 0.15) is 11.5 Å². The molecule has 0 atom stereocenters. The van der Waals surface area contributed by atoms with Crippen molar-refractivity contribution in [1.29, 1.82) is 0 Å². The highest BCUT2D eigenvalue weighted by Gasteiger charge is 2.06. The summed E-state index contributed by atoms with van der Waals surface area (Å²) in [6.45, 7) is 0. The first kappa shape index (κ1) is 10.2. The first-order valence-electron chi connectivity index (χ1n) is 4.35. The summed E-state index contributed by atoms with van der Waals surface area (Å²) in [6.07, 6.45) is 0.00639. The number of oxazole rings is 1. The van der Waals surface area contributed by atoms with Crippen molar-refractivity contribution in [3.8, 4) is 0 Å². The van der Waals surface area contributed by atoms with Gasteiger partial charge in [0.15, 0.2) is 5.58 Å². The Bertz CT molecular complexity index is 506. The van der Waals surface area contributed by atoms with E-state index in [4.69, 9.17) is 9.52 Å². The molecule has 0 saturated carbocycles. The van der Waals surface area contributed by atoms with Crippen LogP contribution in [0.4, 0.5) is 0 Å². The average molecular weight is 270 g/mol. The molecule has 0 amide bonds. The Kier molecular flexibility index (Phi) is 2.73. The van der Waals surface area contributed by atoms with Crippen LogP contribution in [-0.4, -0.2) is 16.1 Å². The normalized spacial score (nSPS) is 10.7. The quantitative estimate of drug-likeness (QED) is 0.869. The van der Waals surface area contributed by atoms with E-state index in [9.17, 15) is 4.79 Å². The second-order valence-corrected chi connectivity index (χ2v) is 3.67. The van der Waals surface area contributed by atoms with Gasteiger partial charge in [0.25, 0.3) is 0 Å². The molecule has 1 N–H and O–H groups in total. The third-order valence-corrected chi connectivity index (χ3v) is 2.45. The van der Waals surface area contributed by atoms with Crippen LogP contribution in [0, 0.1) is 0 Å². The molecule has 0 radical (unpaired) electrons. The molecule has 0 unspecified atom stereocenters. The van der Waals surface area contributed by atoms with Crippen molar-refractivity contribution in [1.82, 2.24) is 4.98 Å². The number of alkyl halides is 1. The fourth-order valence-electron chi connectivity index (χ4n) is 1.36. The Morgan fingerprint density at radius 2 is 2.33 bits per heavy atom. The van der Waals surface area contributed by atoms with Crippen LogP contribution in [0.3, 0.4) is 0 Å². The highest BCUT2D eigenvalue weighted by atomic mass is 79.9. The lowest BCUT2D eigenvalue weighted by molar-refractivity contribution is -0.136. The van der Waals surface area contributed by atoms with Crippen molar-refractivity contribution in [2.45, 2.75) is 11.8 Å². The second kappa shape index (κ2) is 4.02. The lowest BCUT2D eigenvalue weighted by Crippen LogP contribution is -1.99. The zero-order valence-corrected chi connectivity index (χ0v) is 9.32. The lowest BCUT2D eigenvalue weighted by Gasteiger charge is -1.94. The number of carboxylic acids is 1. The number of carbonyl (C=O) groups is 1. The maximum absolute atomic E-state index is 10.5. The predicted octanol–water partition coefficient (Wildman–Crippen LogP) is 2.35. The third-order valence-electron chi connectivity index (χ3n) is 1.97. The standard InChI is InChI=1S/C10H8BrNO3/c11-5-9-12-7-3-6(4-10(13)14)1-2-8(7)15-9/h1-3H,4-5H2,(H,13,14). The van der Waals surface area contributed by atoms with E-state index in [1.807, 2.05) is 0 Å². The predicted molar refractivity (Wildman–Crippen MR) is 58.0 cm³/mol. The number of benzene rings is 1. The van der Waals surface area contributed by atoms with Crippen LogP contribution in [0.25, 0.3) is 11.1 Å². The number of carboxylic acid groups (broad SMARTS) is 1. The summed E-state index contributed by atoms with van der Waals surface area (Å²) >= 11 is 3.24. The summed E-state index contributed by atoms with van der Waals surface area (Å²) in [5, 5.41) is 9.19. The van der Waals surface area contributed by atoms with Crippen LogP contribution >= 0.6 is 15.9 Å². The number of rotatable bonds is 3. The molecule has 0 aliphatic heterocycles. The Hall–Kier alpha value is -1.36. The number of halogens is 1. The molecule has 0 bridgehead atoms. The van der Waals surface area contributed by atoms with Gasteiger partial charge in [0, 0.05) is 0 Å². The molecule has 0 aliphatic carbocycles. The van der Waals surface area contributed by atoms with Gasteiger partial charge in [-0.1, -0.05) is 22.0 Å². The number of nitrogens with zero attached hydrogens (tertiary/aromatic N) is 1. The summed E-state index contributed by atoms with van der Waals surface area (Å²) in [6, 6.07) is 5.21. The molecule has 78 valence electrons. The molecule has 15 heavy (non-hydrogen) atoms. The van der Waals surface area contributed by atoms with E-state index in [2.05, 4.69) is 20.9 Å². The van der Waals surface area contributed by atoms with Gasteiger partial charge in [-0.25, -0.2) is 4.98 Å². The fourth-order valence-corrected chi connectivity index (χ4v) is 1.60. The topological polar surface area (TPSA) is 63.3 Å². The van der Waals surface area contributed by atoms with E-state index in [1.165, 1.54) is 0 Å². The molecule has 1 heterocycles. The van der Waals surface area contributed by atoms with E-state index in [1.54, 1.807) is 18.2 Å². The second-order valence-electron chi connectivity index (χ2n) is 3.11. The van der Waals surface area contributed by atoms with Crippen molar-refractivity contribution < 1.29 is 14.3 Å². The van der Waals surface area contributed by atoms with Crippen LogP contribution in [-0.2, 0) is 16.5 Å². The Balaban J connectivity index is 2.41. The van der Waals surface area contributed by atoms with Gasteiger partial charge < -0.3 is 9.52 Å². The number of hydrogen-bond donors (Lipinski definition) is 1. The minimum atomic E-state index is -0.849. The molecule has 1 aromatic carbocycles. The van der Waals surface area contributed by atoms with Crippen LogP contribution in [0.2, 0.25) is 0 Å². The third kappa shape index (κ3) is 2.18. The number of fused-ring (bicyclic) bond motifs is 1. The van der Waals surface area contributed by atoms with Crippen molar-refractivity contribution in [3.05, 3.63) is 29.7 Å². The molecule has 0 aliphatic rings. The molecular formula is C10H8BrNO3. The van der Waals surface area contributed by atoms with Gasteiger partial charge in [-0.05, 0) is 17.7 Å². The fraction of sp³-hybridized carbons (Fsp3) is 0.200. The van der Waals surface area contributed by atoms with Crippen molar-refractivity contribution in [2.24, 2.45) is 0 Å². The van der Waals surface area contributed by atoms with Gasteiger partial charge in [0.2, 0.25) is 5.89 Å². The van der Waals surface area contributed by atoms with Crippen molar-refractivity contribution in [3.63, 3.8) is 0 Å². The highest BCUT2D eigenvalue weighted by molar-refractivity contribution is 9.08. The summed E-state index contributed by atoms with van der Waals surface area (Å²) in [5.74, 6) is -0.254. The Morgan fingerprint density at radius 3 is 3.00 bits per heavy atom. The highest BCUT2D eigenvalue weighted by Crippen LogP contribution is 2.18. The number of hydrogen-bond acceptors (Lipinski definition) is 3. The van der Waals surface area contributed by atoms with Gasteiger partial charge in [0.1, 0.15) is 5.52 Å². The van der Waals surface area contributed by atoms with Crippen molar-refractivity contribution >= 4 is 33.0 Å². The number of aliphatic carboxylic acids is 1. The maximum atomic E-state index is 10.5. The SMILES string of the molecule is O=C(O)Cc1ccc2oc(CBr)nc2c1. The molecule has 0 spiro atoms. The maximum Gasteiger partial charge on any atom is 0.307 e.